The number of halogens is 2. The van der Waals surface area contributed by atoms with E-state index in [2.05, 4.69) is 5.32 Å². The van der Waals surface area contributed by atoms with Crippen LogP contribution in [0.1, 0.15) is 56.2 Å². The van der Waals surface area contributed by atoms with Crippen molar-refractivity contribution < 1.29 is 9.18 Å². The van der Waals surface area contributed by atoms with E-state index in [1.54, 1.807) is 6.07 Å². The Labute approximate surface area is 137 Å². The summed E-state index contributed by atoms with van der Waals surface area (Å²) in [5.74, 6) is -0.267. The number of carbonyl (C=O) groups is 1. The minimum atomic E-state index is -0.425. The van der Waals surface area contributed by atoms with Crippen LogP contribution in [-0.4, -0.2) is 11.4 Å². The maximum Gasteiger partial charge on any atom is 0.225 e. The summed E-state index contributed by atoms with van der Waals surface area (Å²) in [5, 5.41) is 3.10. The monoisotopic (exact) mass is 326 g/mol. The largest absolute Gasteiger partial charge is 0.349 e. The topological polar surface area (TPSA) is 55.1 Å². The highest BCUT2D eigenvalue weighted by atomic mass is 35.5. The van der Waals surface area contributed by atoms with E-state index in [0.29, 0.717) is 6.42 Å². The molecule has 3 N–H and O–H groups in total. The second kappa shape index (κ2) is 6.55. The minimum absolute atomic E-state index is 0. The summed E-state index contributed by atoms with van der Waals surface area (Å²) in [6.45, 7) is 1.97. The number of fused-ring (bicyclic) bond motifs is 1. The minimum Gasteiger partial charge on any atom is -0.349 e. The molecular formula is C17H24ClFN2O. The van der Waals surface area contributed by atoms with Gasteiger partial charge in [0.2, 0.25) is 5.91 Å². The van der Waals surface area contributed by atoms with E-state index in [1.165, 1.54) is 6.07 Å². The van der Waals surface area contributed by atoms with Crippen molar-refractivity contribution in [3.05, 3.63) is 35.1 Å². The van der Waals surface area contributed by atoms with E-state index in [-0.39, 0.29) is 36.1 Å². The Bertz CT molecular complexity index is 562. The quantitative estimate of drug-likeness (QED) is 0.876. The molecule has 122 valence electrons. The van der Waals surface area contributed by atoms with Crippen LogP contribution < -0.4 is 11.1 Å². The summed E-state index contributed by atoms with van der Waals surface area (Å²) in [6.07, 6.45) is 5.35. The molecule has 0 spiro atoms. The van der Waals surface area contributed by atoms with Crippen LogP contribution in [0.15, 0.2) is 18.2 Å². The van der Waals surface area contributed by atoms with Gasteiger partial charge in [0.25, 0.3) is 0 Å². The number of nitrogens with two attached hydrogens (primary N) is 1. The van der Waals surface area contributed by atoms with Crippen molar-refractivity contribution in [3.63, 3.8) is 0 Å². The smallest absolute Gasteiger partial charge is 0.225 e. The molecule has 0 heterocycles. The van der Waals surface area contributed by atoms with Crippen molar-refractivity contribution in [3.8, 4) is 0 Å². The molecule has 0 bridgehead atoms. The van der Waals surface area contributed by atoms with E-state index < -0.39 is 5.54 Å². The van der Waals surface area contributed by atoms with Crippen LogP contribution in [0.4, 0.5) is 4.39 Å². The molecule has 1 aromatic rings. The van der Waals surface area contributed by atoms with Crippen molar-refractivity contribution in [2.75, 3.05) is 0 Å². The van der Waals surface area contributed by atoms with E-state index in [0.717, 1.165) is 43.2 Å². The SMILES string of the molecule is CC1(N)CCCCC1C(=O)NC1CCc2c(F)cccc21.Cl. The maximum absolute atomic E-state index is 13.7. The molecule has 3 nitrogen and oxygen atoms in total. The number of hydrogen-bond acceptors (Lipinski definition) is 2. The molecule has 3 unspecified atom stereocenters. The normalized spacial score (nSPS) is 30.3. The molecule has 0 radical (unpaired) electrons. The lowest BCUT2D eigenvalue weighted by atomic mass is 9.74. The molecular weight excluding hydrogens is 303 g/mol. The van der Waals surface area contributed by atoms with Gasteiger partial charge in [-0.2, -0.15) is 0 Å². The fourth-order valence-electron chi connectivity index (χ4n) is 3.82. The fraction of sp³-hybridized carbons (Fsp3) is 0.588. The van der Waals surface area contributed by atoms with Gasteiger partial charge in [-0.3, -0.25) is 4.79 Å². The van der Waals surface area contributed by atoms with Gasteiger partial charge in [-0.1, -0.05) is 25.0 Å². The van der Waals surface area contributed by atoms with Gasteiger partial charge in [0.05, 0.1) is 12.0 Å². The first kappa shape index (κ1) is 17.2. The van der Waals surface area contributed by atoms with Gasteiger partial charge >= 0.3 is 0 Å². The number of nitrogens with one attached hydrogen (secondary N) is 1. The van der Waals surface area contributed by atoms with E-state index in [4.69, 9.17) is 5.73 Å². The lowest BCUT2D eigenvalue weighted by molar-refractivity contribution is -0.128. The van der Waals surface area contributed by atoms with Crippen LogP contribution in [0.3, 0.4) is 0 Å². The zero-order chi connectivity index (χ0) is 15.0. The number of hydrogen-bond donors (Lipinski definition) is 2. The highest BCUT2D eigenvalue weighted by Crippen LogP contribution is 2.35. The number of rotatable bonds is 2. The van der Waals surface area contributed by atoms with Crippen molar-refractivity contribution in [1.82, 2.24) is 5.32 Å². The van der Waals surface area contributed by atoms with Crippen LogP contribution in [0, 0.1) is 11.7 Å². The lowest BCUT2D eigenvalue weighted by Crippen LogP contribution is -2.53. The molecule has 1 fully saturated rings. The molecule has 0 aliphatic heterocycles. The Morgan fingerprint density at radius 3 is 2.86 bits per heavy atom. The molecule has 5 heteroatoms. The molecule has 0 saturated heterocycles. The molecule has 1 saturated carbocycles. The first-order valence-electron chi connectivity index (χ1n) is 7.85. The number of amides is 1. The third-order valence-electron chi connectivity index (χ3n) is 5.10. The molecule has 2 aliphatic rings. The Hall–Kier alpha value is -1.13. The van der Waals surface area contributed by atoms with Crippen molar-refractivity contribution in [2.45, 2.75) is 57.0 Å². The molecule has 22 heavy (non-hydrogen) atoms. The first-order valence-corrected chi connectivity index (χ1v) is 7.85. The average Bonchev–Trinajstić information content (AvgIpc) is 2.83. The Kier molecular flexibility index (Phi) is 5.13. The second-order valence-corrected chi connectivity index (χ2v) is 6.71. The van der Waals surface area contributed by atoms with Crippen LogP contribution >= 0.6 is 12.4 Å². The van der Waals surface area contributed by atoms with E-state index in [1.807, 2.05) is 13.0 Å². The molecule has 2 aliphatic carbocycles. The van der Waals surface area contributed by atoms with Crippen molar-refractivity contribution in [1.29, 1.82) is 0 Å². The van der Waals surface area contributed by atoms with Crippen LogP contribution in [-0.2, 0) is 11.2 Å². The van der Waals surface area contributed by atoms with Gasteiger partial charge < -0.3 is 11.1 Å². The summed E-state index contributed by atoms with van der Waals surface area (Å²) in [7, 11) is 0. The van der Waals surface area contributed by atoms with Crippen molar-refractivity contribution >= 4 is 18.3 Å². The van der Waals surface area contributed by atoms with E-state index in [9.17, 15) is 9.18 Å². The standard InChI is InChI=1S/C17H23FN2O.ClH/c1-17(19)10-3-2-6-13(17)16(21)20-15-9-8-11-12(15)5-4-7-14(11)18;/h4-5,7,13,15H,2-3,6,8-10,19H2,1H3,(H,20,21);1H. The Balaban J connectivity index is 0.00000176. The first-order chi connectivity index (χ1) is 9.99. The molecule has 3 rings (SSSR count). The predicted octanol–water partition coefficient (Wildman–Crippen LogP) is 3.26. The second-order valence-electron chi connectivity index (χ2n) is 6.71. The molecule has 1 amide bonds. The Morgan fingerprint density at radius 2 is 2.14 bits per heavy atom. The predicted molar refractivity (Wildman–Crippen MR) is 87.4 cm³/mol. The van der Waals surface area contributed by atoms with Crippen LogP contribution in [0.25, 0.3) is 0 Å². The third-order valence-corrected chi connectivity index (χ3v) is 5.10. The summed E-state index contributed by atoms with van der Waals surface area (Å²) in [6, 6.07) is 5.05. The maximum atomic E-state index is 13.7. The van der Waals surface area contributed by atoms with E-state index >= 15 is 0 Å². The van der Waals surface area contributed by atoms with Gasteiger partial charge in [0.1, 0.15) is 5.82 Å². The lowest BCUT2D eigenvalue weighted by Gasteiger charge is -2.37. The summed E-state index contributed by atoms with van der Waals surface area (Å²) >= 11 is 0. The van der Waals surface area contributed by atoms with Crippen LogP contribution in [0.5, 0.6) is 0 Å². The molecule has 0 aromatic heterocycles. The van der Waals surface area contributed by atoms with Gasteiger partial charge in [0, 0.05) is 5.54 Å². The van der Waals surface area contributed by atoms with Crippen LogP contribution in [0.2, 0.25) is 0 Å². The summed E-state index contributed by atoms with van der Waals surface area (Å²) in [4.78, 5) is 12.6. The van der Waals surface area contributed by atoms with Gasteiger partial charge in [0.15, 0.2) is 0 Å². The third kappa shape index (κ3) is 3.13. The number of benzene rings is 1. The highest BCUT2D eigenvalue weighted by molar-refractivity contribution is 5.85. The van der Waals surface area contributed by atoms with Gasteiger partial charge in [-0.15, -0.1) is 12.4 Å². The Morgan fingerprint density at radius 1 is 1.36 bits per heavy atom. The van der Waals surface area contributed by atoms with Gasteiger partial charge in [-0.25, -0.2) is 4.39 Å². The molecule has 1 aromatic carbocycles. The zero-order valence-corrected chi connectivity index (χ0v) is 13.7. The summed E-state index contributed by atoms with van der Waals surface area (Å²) < 4.78 is 13.7. The fourth-order valence-corrected chi connectivity index (χ4v) is 3.82. The summed E-state index contributed by atoms with van der Waals surface area (Å²) in [5.41, 5.74) is 7.55. The number of carbonyl (C=O) groups excluding carboxylic acids is 1. The highest BCUT2D eigenvalue weighted by Gasteiger charge is 2.39. The van der Waals surface area contributed by atoms with Crippen molar-refractivity contribution in [2.24, 2.45) is 11.7 Å². The average molecular weight is 327 g/mol. The molecule has 3 atom stereocenters. The zero-order valence-electron chi connectivity index (χ0n) is 12.9. The van der Waals surface area contributed by atoms with Gasteiger partial charge in [-0.05, 0) is 49.8 Å².